The van der Waals surface area contributed by atoms with Crippen LogP contribution in [-0.4, -0.2) is 16.9 Å². The van der Waals surface area contributed by atoms with E-state index in [-0.39, 0.29) is 5.91 Å². The van der Waals surface area contributed by atoms with Gasteiger partial charge in [0.05, 0.1) is 0 Å². The number of H-pyrrole nitrogens is 1. The van der Waals surface area contributed by atoms with Gasteiger partial charge in [-0.15, -0.1) is 0 Å². The highest BCUT2D eigenvalue weighted by atomic mass is 16.1. The second kappa shape index (κ2) is 4.65. The lowest BCUT2D eigenvalue weighted by atomic mass is 9.97. The average molecular weight is 268 g/mol. The molecule has 1 amide bonds. The van der Waals surface area contributed by atoms with Crippen LogP contribution in [0.4, 0.5) is 0 Å². The highest BCUT2D eigenvalue weighted by Gasteiger charge is 2.39. The maximum absolute atomic E-state index is 12.4. The van der Waals surface area contributed by atoms with E-state index >= 15 is 0 Å². The van der Waals surface area contributed by atoms with Crippen molar-refractivity contribution in [3.63, 3.8) is 0 Å². The van der Waals surface area contributed by atoms with Crippen molar-refractivity contribution in [3.05, 3.63) is 36.0 Å². The molecule has 3 heteroatoms. The van der Waals surface area contributed by atoms with Crippen LogP contribution in [-0.2, 0) is 0 Å². The Labute approximate surface area is 118 Å². The van der Waals surface area contributed by atoms with Crippen LogP contribution in [0.5, 0.6) is 0 Å². The molecule has 0 bridgehead atoms. The number of hydrogen-bond acceptors (Lipinski definition) is 1. The first-order chi connectivity index (χ1) is 9.81. The maximum Gasteiger partial charge on any atom is 0.251 e. The van der Waals surface area contributed by atoms with Crippen molar-refractivity contribution in [2.75, 3.05) is 0 Å². The van der Waals surface area contributed by atoms with Crippen LogP contribution < -0.4 is 5.32 Å². The fraction of sp³-hybridized carbons (Fsp3) is 0.471. The Balaban J connectivity index is 1.52. The van der Waals surface area contributed by atoms with E-state index in [0.717, 1.165) is 34.7 Å². The highest BCUT2D eigenvalue weighted by molar-refractivity contribution is 5.98. The third-order valence-corrected chi connectivity index (χ3v) is 5.22. The number of benzene rings is 1. The van der Waals surface area contributed by atoms with Crippen LogP contribution >= 0.6 is 0 Å². The molecular weight excluding hydrogens is 248 g/mol. The first-order valence-electron chi connectivity index (χ1n) is 7.69. The Hall–Kier alpha value is -1.77. The van der Waals surface area contributed by atoms with Gasteiger partial charge in [-0.2, -0.15) is 0 Å². The van der Waals surface area contributed by atoms with Crippen LogP contribution in [0, 0.1) is 11.8 Å². The number of aromatic nitrogens is 1. The molecule has 0 aliphatic heterocycles. The number of amides is 1. The summed E-state index contributed by atoms with van der Waals surface area (Å²) in [7, 11) is 0. The summed E-state index contributed by atoms with van der Waals surface area (Å²) in [6, 6.07) is 8.30. The van der Waals surface area contributed by atoms with E-state index in [1.54, 1.807) is 0 Å². The van der Waals surface area contributed by atoms with Crippen molar-refractivity contribution in [1.29, 1.82) is 0 Å². The summed E-state index contributed by atoms with van der Waals surface area (Å²) in [5.41, 5.74) is 1.80. The fourth-order valence-electron chi connectivity index (χ4n) is 4.18. The average Bonchev–Trinajstić information content (AvgIpc) is 3.14. The molecule has 104 valence electrons. The van der Waals surface area contributed by atoms with Gasteiger partial charge in [0.25, 0.3) is 5.91 Å². The summed E-state index contributed by atoms with van der Waals surface area (Å²) in [4.78, 5) is 15.6. The lowest BCUT2D eigenvalue weighted by Crippen LogP contribution is -2.37. The zero-order valence-corrected chi connectivity index (χ0v) is 11.6. The van der Waals surface area contributed by atoms with Crippen LogP contribution in [0.2, 0.25) is 0 Å². The van der Waals surface area contributed by atoms with E-state index < -0.39 is 0 Å². The zero-order chi connectivity index (χ0) is 13.5. The van der Waals surface area contributed by atoms with Gasteiger partial charge in [0.1, 0.15) is 0 Å². The number of hydrogen-bond donors (Lipinski definition) is 2. The molecule has 4 rings (SSSR count). The van der Waals surface area contributed by atoms with E-state index in [2.05, 4.69) is 10.3 Å². The third-order valence-electron chi connectivity index (χ3n) is 5.22. The summed E-state index contributed by atoms with van der Waals surface area (Å²) in [6.07, 6.45) is 8.37. The van der Waals surface area contributed by atoms with Gasteiger partial charge in [0.2, 0.25) is 0 Å². The molecule has 1 aromatic heterocycles. The monoisotopic (exact) mass is 268 g/mol. The van der Waals surface area contributed by atoms with Gasteiger partial charge in [0.15, 0.2) is 0 Å². The topological polar surface area (TPSA) is 44.9 Å². The van der Waals surface area contributed by atoms with Gasteiger partial charge < -0.3 is 10.3 Å². The Morgan fingerprint density at radius 3 is 3.05 bits per heavy atom. The van der Waals surface area contributed by atoms with Crippen molar-refractivity contribution in [3.8, 4) is 0 Å². The molecule has 1 heterocycles. The first kappa shape index (κ1) is 12.0. The van der Waals surface area contributed by atoms with Gasteiger partial charge in [-0.05, 0) is 54.7 Å². The first-order valence-corrected chi connectivity index (χ1v) is 7.69. The molecule has 2 aliphatic rings. The van der Waals surface area contributed by atoms with Crippen molar-refractivity contribution in [1.82, 2.24) is 10.3 Å². The van der Waals surface area contributed by atoms with E-state index in [4.69, 9.17) is 0 Å². The molecule has 2 N–H and O–H groups in total. The largest absolute Gasteiger partial charge is 0.361 e. The standard InChI is InChI=1S/C17H20N2O/c20-17(13-5-4-12-8-9-18-16(12)10-13)19-15-7-6-11-2-1-3-14(11)15/h4-5,8-11,14-15,18H,1-3,6-7H2,(H,19,20)/t11-,14-,15-/m0/s1. The number of carbonyl (C=O) groups excluding carboxylic acids is 1. The van der Waals surface area contributed by atoms with Crippen LogP contribution in [0.15, 0.2) is 30.5 Å². The molecule has 1 aromatic carbocycles. The highest BCUT2D eigenvalue weighted by Crippen LogP contribution is 2.44. The normalized spacial score (nSPS) is 28.7. The minimum Gasteiger partial charge on any atom is -0.361 e. The summed E-state index contributed by atoms with van der Waals surface area (Å²) in [5, 5.41) is 4.42. The van der Waals surface area contributed by atoms with E-state index in [9.17, 15) is 4.79 Å². The van der Waals surface area contributed by atoms with Gasteiger partial charge in [0, 0.05) is 23.3 Å². The maximum atomic E-state index is 12.4. The van der Waals surface area contributed by atoms with Gasteiger partial charge in [-0.1, -0.05) is 18.9 Å². The second-order valence-electron chi connectivity index (χ2n) is 6.29. The lowest BCUT2D eigenvalue weighted by molar-refractivity contribution is 0.0926. The smallest absolute Gasteiger partial charge is 0.251 e. The summed E-state index contributed by atoms with van der Waals surface area (Å²) >= 11 is 0. The van der Waals surface area contributed by atoms with E-state index in [1.807, 2.05) is 30.5 Å². The molecule has 0 spiro atoms. The van der Waals surface area contributed by atoms with E-state index in [1.165, 1.54) is 25.7 Å². The molecule has 2 fully saturated rings. The van der Waals surface area contributed by atoms with Crippen molar-refractivity contribution in [2.24, 2.45) is 11.8 Å². The van der Waals surface area contributed by atoms with Crippen LogP contribution in [0.1, 0.15) is 42.5 Å². The molecular formula is C17H20N2O. The molecule has 3 atom stereocenters. The predicted octanol–water partition coefficient (Wildman–Crippen LogP) is 3.48. The Bertz CT molecular complexity index is 645. The molecule has 20 heavy (non-hydrogen) atoms. The minimum absolute atomic E-state index is 0.0825. The Kier molecular flexibility index (Phi) is 2.79. The Morgan fingerprint density at radius 1 is 1.15 bits per heavy atom. The van der Waals surface area contributed by atoms with Gasteiger partial charge in [-0.3, -0.25) is 4.79 Å². The molecule has 0 saturated heterocycles. The molecule has 2 aliphatic carbocycles. The van der Waals surface area contributed by atoms with Gasteiger partial charge >= 0.3 is 0 Å². The quantitative estimate of drug-likeness (QED) is 0.860. The summed E-state index contributed by atoms with van der Waals surface area (Å²) < 4.78 is 0. The fourth-order valence-corrected chi connectivity index (χ4v) is 4.18. The summed E-state index contributed by atoms with van der Waals surface area (Å²) in [6.45, 7) is 0. The van der Waals surface area contributed by atoms with Crippen LogP contribution in [0.3, 0.4) is 0 Å². The molecule has 2 saturated carbocycles. The SMILES string of the molecule is O=C(N[C@H]1CC[C@@H]2CCC[C@@H]21)c1ccc2cc[nH]c2c1. The molecule has 0 unspecified atom stereocenters. The number of aromatic amines is 1. The zero-order valence-electron chi connectivity index (χ0n) is 11.6. The number of carbonyl (C=O) groups is 1. The lowest BCUT2D eigenvalue weighted by Gasteiger charge is -2.20. The third kappa shape index (κ3) is 1.92. The molecule has 3 nitrogen and oxygen atoms in total. The number of nitrogens with one attached hydrogen (secondary N) is 2. The van der Waals surface area contributed by atoms with Crippen molar-refractivity contribution < 1.29 is 4.79 Å². The van der Waals surface area contributed by atoms with Crippen molar-refractivity contribution >= 4 is 16.8 Å². The van der Waals surface area contributed by atoms with Crippen LogP contribution in [0.25, 0.3) is 10.9 Å². The predicted molar refractivity (Wildman–Crippen MR) is 79.6 cm³/mol. The van der Waals surface area contributed by atoms with Crippen molar-refractivity contribution in [2.45, 2.75) is 38.1 Å². The Morgan fingerprint density at radius 2 is 2.10 bits per heavy atom. The number of rotatable bonds is 2. The minimum atomic E-state index is 0.0825. The van der Waals surface area contributed by atoms with E-state index in [0.29, 0.717) is 6.04 Å². The molecule has 0 radical (unpaired) electrons. The molecule has 2 aromatic rings. The second-order valence-corrected chi connectivity index (χ2v) is 6.29. The summed E-state index contributed by atoms with van der Waals surface area (Å²) in [5.74, 6) is 1.68. The number of fused-ring (bicyclic) bond motifs is 2. The van der Waals surface area contributed by atoms with Gasteiger partial charge in [-0.25, -0.2) is 0 Å².